The number of rotatable bonds is 1. The average molecular weight is 191 g/mol. The van der Waals surface area contributed by atoms with Crippen molar-refractivity contribution in [3.05, 3.63) is 17.8 Å². The molecule has 2 heterocycles. The molecular formula is C8H5N3OS. The molecule has 0 unspecified atom stereocenters. The lowest BCUT2D eigenvalue weighted by molar-refractivity contribution is 0.398. The molecule has 0 bridgehead atoms. The summed E-state index contributed by atoms with van der Waals surface area (Å²) in [6, 6.07) is 3.74. The van der Waals surface area contributed by atoms with Gasteiger partial charge in [0.25, 0.3) is 0 Å². The first-order valence-electron chi connectivity index (χ1n) is 3.54. The van der Waals surface area contributed by atoms with Crippen LogP contribution in [0.1, 0.15) is 5.56 Å². The van der Waals surface area contributed by atoms with Crippen molar-refractivity contribution in [2.45, 2.75) is 0 Å². The fourth-order valence-electron chi connectivity index (χ4n) is 1.03. The van der Waals surface area contributed by atoms with E-state index in [9.17, 15) is 0 Å². The Morgan fingerprint density at radius 1 is 1.62 bits per heavy atom. The molecule has 2 rings (SSSR count). The minimum absolute atomic E-state index is 0.360. The first-order valence-corrected chi connectivity index (χ1v) is 4.32. The van der Waals surface area contributed by atoms with Crippen LogP contribution in [0.4, 0.5) is 0 Å². The van der Waals surface area contributed by atoms with E-state index in [-0.39, 0.29) is 0 Å². The van der Waals surface area contributed by atoms with Crippen LogP contribution in [0.15, 0.2) is 12.3 Å². The van der Waals surface area contributed by atoms with E-state index in [2.05, 4.69) is 9.36 Å². The fourth-order valence-corrected chi connectivity index (χ4v) is 1.64. The number of methoxy groups -OCH3 is 1. The topological polar surface area (TPSA) is 58.8 Å². The second-order valence-corrected chi connectivity index (χ2v) is 3.16. The van der Waals surface area contributed by atoms with E-state index in [1.54, 1.807) is 12.3 Å². The summed E-state index contributed by atoms with van der Waals surface area (Å²) >= 11 is 1.29. The van der Waals surface area contributed by atoms with Crippen molar-refractivity contribution >= 4 is 21.7 Å². The van der Waals surface area contributed by atoms with Gasteiger partial charge in [-0.05, 0) is 17.6 Å². The van der Waals surface area contributed by atoms with Crippen molar-refractivity contribution in [2.24, 2.45) is 0 Å². The Kier molecular flexibility index (Phi) is 1.83. The maximum absolute atomic E-state index is 8.76. The summed E-state index contributed by atoms with van der Waals surface area (Å²) in [4.78, 5) is 4.92. The van der Waals surface area contributed by atoms with Gasteiger partial charge in [-0.2, -0.15) is 14.6 Å². The van der Waals surface area contributed by atoms with Crippen LogP contribution in [0.25, 0.3) is 10.2 Å². The number of aromatic nitrogens is 2. The number of nitriles is 1. The van der Waals surface area contributed by atoms with Gasteiger partial charge in [0, 0.05) is 5.39 Å². The van der Waals surface area contributed by atoms with Crippen molar-refractivity contribution in [1.29, 1.82) is 5.26 Å². The molecule has 0 saturated carbocycles. The lowest BCUT2D eigenvalue weighted by Crippen LogP contribution is -1.90. The summed E-state index contributed by atoms with van der Waals surface area (Å²) in [6.07, 6.45) is 1.69. The van der Waals surface area contributed by atoms with E-state index in [4.69, 9.17) is 10.00 Å². The van der Waals surface area contributed by atoms with E-state index in [0.717, 1.165) is 10.2 Å². The van der Waals surface area contributed by atoms with Gasteiger partial charge in [0.15, 0.2) is 0 Å². The normalized spacial score (nSPS) is 9.85. The summed E-state index contributed by atoms with van der Waals surface area (Å²) in [5.41, 5.74) is 0.440. The lowest BCUT2D eigenvalue weighted by Gasteiger charge is -1.99. The molecule has 0 aromatic carbocycles. The monoisotopic (exact) mass is 191 g/mol. The first kappa shape index (κ1) is 7.95. The van der Waals surface area contributed by atoms with Crippen LogP contribution < -0.4 is 4.74 Å². The zero-order valence-electron chi connectivity index (χ0n) is 6.81. The maximum Gasteiger partial charge on any atom is 0.232 e. The Labute approximate surface area is 78.6 Å². The summed E-state index contributed by atoms with van der Waals surface area (Å²) < 4.78 is 8.93. The van der Waals surface area contributed by atoms with Crippen LogP contribution >= 0.6 is 11.5 Å². The van der Waals surface area contributed by atoms with E-state index in [0.29, 0.717) is 11.4 Å². The smallest absolute Gasteiger partial charge is 0.232 e. The number of ether oxygens (including phenoxy) is 1. The highest BCUT2D eigenvalue weighted by molar-refractivity contribution is 7.12. The predicted octanol–water partition coefficient (Wildman–Crippen LogP) is 1.57. The molecule has 2 aromatic heterocycles. The Morgan fingerprint density at radius 2 is 2.46 bits per heavy atom. The molecule has 0 amide bonds. The zero-order valence-corrected chi connectivity index (χ0v) is 7.63. The van der Waals surface area contributed by atoms with Gasteiger partial charge in [-0.1, -0.05) is 0 Å². The molecule has 64 valence electrons. The second kappa shape index (κ2) is 2.99. The molecule has 0 spiro atoms. The Hall–Kier alpha value is -1.67. The van der Waals surface area contributed by atoms with Crippen molar-refractivity contribution in [3.8, 4) is 11.9 Å². The molecule has 0 aliphatic carbocycles. The summed E-state index contributed by atoms with van der Waals surface area (Å²) in [6.45, 7) is 0. The molecule has 0 saturated heterocycles. The van der Waals surface area contributed by atoms with Gasteiger partial charge < -0.3 is 4.74 Å². The van der Waals surface area contributed by atoms with Gasteiger partial charge in [-0.15, -0.1) is 0 Å². The highest BCUT2D eigenvalue weighted by Gasteiger charge is 2.07. The average Bonchev–Trinajstić information content (AvgIpc) is 2.62. The number of pyridine rings is 1. The lowest BCUT2D eigenvalue weighted by atomic mass is 10.2. The van der Waals surface area contributed by atoms with Crippen LogP contribution in [0, 0.1) is 11.3 Å². The predicted molar refractivity (Wildman–Crippen MR) is 48.7 cm³/mol. The number of fused-ring (bicyclic) bond motifs is 1. The fraction of sp³-hybridized carbons (Fsp3) is 0.125. The molecule has 5 heteroatoms. The van der Waals surface area contributed by atoms with Crippen LogP contribution in [0.3, 0.4) is 0 Å². The molecule has 4 nitrogen and oxygen atoms in total. The van der Waals surface area contributed by atoms with E-state index in [1.807, 2.05) is 6.07 Å². The highest BCUT2D eigenvalue weighted by Crippen LogP contribution is 2.23. The van der Waals surface area contributed by atoms with E-state index >= 15 is 0 Å². The molecule has 0 atom stereocenters. The number of hydrogen-bond donors (Lipinski definition) is 0. The quantitative estimate of drug-likeness (QED) is 0.686. The van der Waals surface area contributed by atoms with Gasteiger partial charge in [-0.25, -0.2) is 0 Å². The molecule has 0 N–H and O–H groups in total. The first-order chi connectivity index (χ1) is 6.35. The molecule has 0 aliphatic heterocycles. The minimum atomic E-state index is 0.360. The SMILES string of the molecule is COc1nc2sncc2cc1C#N. The standard InChI is InChI=1S/C8H5N3OS/c1-12-7-5(3-9)2-6-4-10-13-8(6)11-7/h2,4H,1H3. The van der Waals surface area contributed by atoms with Gasteiger partial charge in [0.1, 0.15) is 16.5 Å². The molecule has 13 heavy (non-hydrogen) atoms. The summed E-state index contributed by atoms with van der Waals surface area (Å²) in [5, 5.41) is 9.64. The third kappa shape index (κ3) is 1.21. The largest absolute Gasteiger partial charge is 0.480 e. The van der Waals surface area contributed by atoms with Crippen molar-refractivity contribution in [3.63, 3.8) is 0 Å². The second-order valence-electron chi connectivity index (χ2n) is 2.38. The minimum Gasteiger partial charge on any atom is -0.480 e. The molecular weight excluding hydrogens is 186 g/mol. The number of hydrogen-bond acceptors (Lipinski definition) is 5. The van der Waals surface area contributed by atoms with Crippen LogP contribution in [-0.4, -0.2) is 16.5 Å². The number of nitrogens with zero attached hydrogens (tertiary/aromatic N) is 3. The highest BCUT2D eigenvalue weighted by atomic mass is 32.1. The van der Waals surface area contributed by atoms with Crippen molar-refractivity contribution in [1.82, 2.24) is 9.36 Å². The van der Waals surface area contributed by atoms with Crippen LogP contribution in [0.5, 0.6) is 5.88 Å². The molecule has 0 aliphatic rings. The van der Waals surface area contributed by atoms with E-state index in [1.165, 1.54) is 18.6 Å². The Balaban J connectivity index is 2.76. The van der Waals surface area contributed by atoms with Crippen LogP contribution in [-0.2, 0) is 0 Å². The third-order valence-electron chi connectivity index (χ3n) is 1.63. The Morgan fingerprint density at radius 3 is 3.15 bits per heavy atom. The third-order valence-corrected chi connectivity index (χ3v) is 2.34. The van der Waals surface area contributed by atoms with Crippen LogP contribution in [0.2, 0.25) is 0 Å². The van der Waals surface area contributed by atoms with E-state index < -0.39 is 0 Å². The summed E-state index contributed by atoms with van der Waals surface area (Å²) in [7, 11) is 1.50. The molecule has 2 aromatic rings. The van der Waals surface area contributed by atoms with Gasteiger partial charge in [-0.3, -0.25) is 0 Å². The molecule has 0 fully saturated rings. The zero-order chi connectivity index (χ0) is 9.26. The van der Waals surface area contributed by atoms with Gasteiger partial charge >= 0.3 is 0 Å². The van der Waals surface area contributed by atoms with Crippen molar-refractivity contribution in [2.75, 3.05) is 7.11 Å². The summed E-state index contributed by atoms with van der Waals surface area (Å²) in [5.74, 6) is 0.360. The van der Waals surface area contributed by atoms with Gasteiger partial charge in [0.05, 0.1) is 13.3 Å². The Bertz CT molecular complexity index is 486. The molecule has 0 radical (unpaired) electrons. The maximum atomic E-state index is 8.76. The van der Waals surface area contributed by atoms with Crippen molar-refractivity contribution < 1.29 is 4.74 Å². The van der Waals surface area contributed by atoms with Gasteiger partial charge in [0.2, 0.25) is 5.88 Å².